The highest BCUT2D eigenvalue weighted by atomic mass is 35.5. The van der Waals surface area contributed by atoms with Crippen LogP contribution in [0.4, 0.5) is 10.5 Å². The Kier molecular flexibility index (Phi) is 5.14. The minimum atomic E-state index is -0.690. The summed E-state index contributed by atoms with van der Waals surface area (Å²) in [5, 5.41) is 13.2. The van der Waals surface area contributed by atoms with Crippen LogP contribution in [-0.4, -0.2) is 34.8 Å². The van der Waals surface area contributed by atoms with E-state index in [1.807, 2.05) is 0 Å². The van der Waals surface area contributed by atoms with E-state index in [4.69, 9.17) is 16.0 Å². The number of furan rings is 1. The van der Waals surface area contributed by atoms with E-state index >= 15 is 0 Å². The third-order valence-corrected chi connectivity index (χ3v) is 4.15. The molecule has 0 unspecified atom stereocenters. The van der Waals surface area contributed by atoms with Gasteiger partial charge in [-0.05, 0) is 29.8 Å². The van der Waals surface area contributed by atoms with Crippen LogP contribution in [0.1, 0.15) is 21.9 Å². The van der Waals surface area contributed by atoms with Crippen LogP contribution < -0.4 is 5.32 Å². The molecule has 3 amide bonds. The van der Waals surface area contributed by atoms with E-state index < -0.39 is 22.8 Å². The predicted molar refractivity (Wildman–Crippen MR) is 95.2 cm³/mol. The predicted octanol–water partition coefficient (Wildman–Crippen LogP) is 2.72. The number of carbonyl (C=O) groups is 3. The van der Waals surface area contributed by atoms with Gasteiger partial charge in [-0.1, -0.05) is 11.6 Å². The highest BCUT2D eigenvalue weighted by Gasteiger charge is 2.34. The van der Waals surface area contributed by atoms with Gasteiger partial charge in [-0.25, -0.2) is 9.59 Å². The number of nitrogens with one attached hydrogen (secondary N) is 1. The zero-order valence-corrected chi connectivity index (χ0v) is 15.1. The molecular weight excluding hydrogens is 394 g/mol. The molecule has 0 saturated carbocycles. The van der Waals surface area contributed by atoms with Gasteiger partial charge in [-0.2, -0.15) is 0 Å². The number of benzene rings is 1. The van der Waals surface area contributed by atoms with E-state index in [9.17, 15) is 24.5 Å². The summed E-state index contributed by atoms with van der Waals surface area (Å²) >= 11 is 6.00. The quantitative estimate of drug-likeness (QED) is 0.266. The Balaban J connectivity index is 1.80. The van der Waals surface area contributed by atoms with E-state index in [-0.39, 0.29) is 34.5 Å². The van der Waals surface area contributed by atoms with Gasteiger partial charge in [0.05, 0.1) is 23.6 Å². The van der Waals surface area contributed by atoms with Crippen LogP contribution in [0.2, 0.25) is 5.02 Å². The van der Waals surface area contributed by atoms with Crippen molar-refractivity contribution in [2.24, 2.45) is 0 Å². The molecule has 3 rings (SSSR count). The SMILES string of the molecule is COC(=O)c1ccc(CN2C(=O)N/C(=C\c3ccc([N+](=O)[O-])cc3Cl)C2=O)o1. The number of non-ortho nitro benzene ring substituents is 1. The maximum absolute atomic E-state index is 12.5. The number of nitrogens with zero attached hydrogens (tertiary/aromatic N) is 2. The van der Waals surface area contributed by atoms with Crippen molar-refractivity contribution in [1.82, 2.24) is 10.2 Å². The van der Waals surface area contributed by atoms with Crippen molar-refractivity contribution in [3.8, 4) is 0 Å². The zero-order chi connectivity index (χ0) is 20.4. The minimum Gasteiger partial charge on any atom is -0.463 e. The molecule has 1 aromatic carbocycles. The molecule has 1 aliphatic heterocycles. The lowest BCUT2D eigenvalue weighted by Crippen LogP contribution is -2.30. The Bertz CT molecular complexity index is 1030. The van der Waals surface area contributed by atoms with Crippen LogP contribution in [0.25, 0.3) is 6.08 Å². The van der Waals surface area contributed by atoms with Gasteiger partial charge in [0.2, 0.25) is 5.76 Å². The number of nitro groups is 1. The topological polar surface area (TPSA) is 132 Å². The number of rotatable bonds is 5. The number of carbonyl (C=O) groups excluding carboxylic acids is 3. The van der Waals surface area contributed by atoms with Crippen molar-refractivity contribution >= 4 is 41.3 Å². The molecule has 0 bridgehead atoms. The maximum atomic E-state index is 12.5. The van der Waals surface area contributed by atoms with Crippen molar-refractivity contribution in [2.75, 3.05) is 7.11 Å². The fourth-order valence-corrected chi connectivity index (χ4v) is 2.68. The monoisotopic (exact) mass is 405 g/mol. The average molecular weight is 406 g/mol. The summed E-state index contributed by atoms with van der Waals surface area (Å²) in [6.45, 7) is -0.201. The average Bonchev–Trinajstić information content (AvgIpc) is 3.23. The zero-order valence-electron chi connectivity index (χ0n) is 14.3. The lowest BCUT2D eigenvalue weighted by Gasteiger charge is -2.09. The fraction of sp³-hybridized carbons (Fsp3) is 0.118. The summed E-state index contributed by atoms with van der Waals surface area (Å²) in [5.74, 6) is -1.18. The molecule has 10 nitrogen and oxygen atoms in total. The Morgan fingerprint density at radius 2 is 2.11 bits per heavy atom. The van der Waals surface area contributed by atoms with Crippen molar-refractivity contribution < 1.29 is 28.5 Å². The van der Waals surface area contributed by atoms with Crippen LogP contribution >= 0.6 is 11.6 Å². The van der Waals surface area contributed by atoms with Gasteiger partial charge in [-0.15, -0.1) is 0 Å². The number of urea groups is 1. The summed E-state index contributed by atoms with van der Waals surface area (Å²) in [4.78, 5) is 47.1. The Morgan fingerprint density at radius 3 is 2.75 bits per heavy atom. The molecule has 1 aromatic heterocycles. The van der Waals surface area contributed by atoms with Crippen LogP contribution in [0, 0.1) is 10.1 Å². The van der Waals surface area contributed by atoms with Gasteiger partial charge in [0.25, 0.3) is 11.6 Å². The maximum Gasteiger partial charge on any atom is 0.373 e. The first kappa shape index (κ1) is 19.1. The van der Waals surface area contributed by atoms with E-state index in [2.05, 4.69) is 10.1 Å². The van der Waals surface area contributed by atoms with Crippen molar-refractivity contribution in [3.05, 3.63) is 68.2 Å². The number of ether oxygens (including phenoxy) is 1. The number of amides is 3. The summed E-state index contributed by atoms with van der Waals surface area (Å²) in [6.07, 6.45) is 1.31. The van der Waals surface area contributed by atoms with Crippen LogP contribution in [0.5, 0.6) is 0 Å². The molecule has 1 aliphatic rings. The van der Waals surface area contributed by atoms with Crippen LogP contribution in [-0.2, 0) is 16.1 Å². The molecule has 28 heavy (non-hydrogen) atoms. The summed E-state index contributed by atoms with van der Waals surface area (Å²) < 4.78 is 9.77. The molecule has 1 saturated heterocycles. The first-order valence-corrected chi connectivity index (χ1v) is 8.13. The second-order valence-electron chi connectivity index (χ2n) is 5.60. The summed E-state index contributed by atoms with van der Waals surface area (Å²) in [7, 11) is 1.20. The Morgan fingerprint density at radius 1 is 1.36 bits per heavy atom. The van der Waals surface area contributed by atoms with E-state index in [1.165, 1.54) is 37.5 Å². The molecule has 144 valence electrons. The van der Waals surface area contributed by atoms with Crippen molar-refractivity contribution in [1.29, 1.82) is 0 Å². The molecule has 2 heterocycles. The van der Waals surface area contributed by atoms with E-state index in [0.717, 1.165) is 11.0 Å². The van der Waals surface area contributed by atoms with Gasteiger partial charge in [0, 0.05) is 12.1 Å². The second-order valence-corrected chi connectivity index (χ2v) is 6.01. The lowest BCUT2D eigenvalue weighted by atomic mass is 10.1. The number of halogens is 1. The highest BCUT2D eigenvalue weighted by molar-refractivity contribution is 6.32. The van der Waals surface area contributed by atoms with Gasteiger partial charge in [0.15, 0.2) is 0 Å². The number of hydrogen-bond acceptors (Lipinski definition) is 7. The van der Waals surface area contributed by atoms with Crippen molar-refractivity contribution in [2.45, 2.75) is 6.54 Å². The number of imide groups is 1. The van der Waals surface area contributed by atoms with Gasteiger partial charge < -0.3 is 14.5 Å². The largest absolute Gasteiger partial charge is 0.463 e. The van der Waals surface area contributed by atoms with E-state index in [0.29, 0.717) is 5.56 Å². The minimum absolute atomic E-state index is 0.0518. The molecule has 0 radical (unpaired) electrons. The third kappa shape index (κ3) is 3.71. The number of esters is 1. The van der Waals surface area contributed by atoms with Crippen molar-refractivity contribution in [3.63, 3.8) is 0 Å². The fourth-order valence-electron chi connectivity index (χ4n) is 2.45. The molecule has 11 heteroatoms. The summed E-state index contributed by atoms with van der Waals surface area (Å²) in [5.41, 5.74) is 0.0685. The first-order valence-electron chi connectivity index (χ1n) is 7.75. The Hall–Kier alpha value is -3.66. The molecule has 2 aromatic rings. The normalized spacial score (nSPS) is 15.1. The number of nitro benzene ring substituents is 1. The molecule has 1 fully saturated rings. The smallest absolute Gasteiger partial charge is 0.373 e. The number of hydrogen-bond donors (Lipinski definition) is 1. The first-order chi connectivity index (χ1) is 13.3. The summed E-state index contributed by atoms with van der Waals surface area (Å²) in [6, 6.07) is 5.86. The van der Waals surface area contributed by atoms with Crippen LogP contribution in [0.15, 0.2) is 40.4 Å². The third-order valence-electron chi connectivity index (χ3n) is 3.82. The van der Waals surface area contributed by atoms with Gasteiger partial charge in [0.1, 0.15) is 11.5 Å². The van der Waals surface area contributed by atoms with Gasteiger partial charge in [-0.3, -0.25) is 19.8 Å². The molecular formula is C17H12ClN3O7. The Labute approximate surface area is 162 Å². The lowest BCUT2D eigenvalue weighted by molar-refractivity contribution is -0.384. The standard InChI is InChI=1S/C17H12ClN3O7/c1-27-16(23)14-5-4-11(28-14)8-20-15(22)13(19-17(20)24)6-9-2-3-10(21(25)26)7-12(9)18/h2-7H,8H2,1H3,(H,19,24)/b13-6-. The number of methoxy groups -OCH3 is 1. The van der Waals surface area contributed by atoms with E-state index in [1.54, 1.807) is 0 Å². The molecule has 0 spiro atoms. The molecule has 1 N–H and O–H groups in total. The highest BCUT2D eigenvalue weighted by Crippen LogP contribution is 2.26. The van der Waals surface area contributed by atoms with Crippen LogP contribution in [0.3, 0.4) is 0 Å². The van der Waals surface area contributed by atoms with Gasteiger partial charge >= 0.3 is 12.0 Å². The molecule has 0 atom stereocenters. The molecule has 0 aliphatic carbocycles. The second kappa shape index (κ2) is 7.53.